The van der Waals surface area contributed by atoms with E-state index >= 15 is 0 Å². The van der Waals surface area contributed by atoms with Crippen molar-refractivity contribution in [3.05, 3.63) is 36.0 Å². The number of nitrogens with zero attached hydrogens (tertiary/aromatic N) is 1. The van der Waals surface area contributed by atoms with Gasteiger partial charge in [-0.15, -0.1) is 0 Å². The third-order valence-electron chi connectivity index (χ3n) is 4.03. The van der Waals surface area contributed by atoms with E-state index in [0.29, 0.717) is 6.04 Å². The lowest BCUT2D eigenvalue weighted by Crippen LogP contribution is -2.25. The maximum absolute atomic E-state index is 5.47. The van der Waals surface area contributed by atoms with Crippen molar-refractivity contribution >= 4 is 0 Å². The molecule has 4 heteroatoms. The Balaban J connectivity index is 1.77. The molecule has 1 fully saturated rings. The first-order chi connectivity index (χ1) is 9.86. The van der Waals surface area contributed by atoms with Gasteiger partial charge in [-0.25, -0.2) is 0 Å². The fourth-order valence-corrected chi connectivity index (χ4v) is 2.89. The van der Waals surface area contributed by atoms with E-state index in [1.165, 1.54) is 31.2 Å². The first-order valence-electron chi connectivity index (χ1n) is 7.27. The van der Waals surface area contributed by atoms with Crippen molar-refractivity contribution in [2.24, 2.45) is 0 Å². The van der Waals surface area contributed by atoms with Crippen LogP contribution in [0.5, 0.6) is 5.75 Å². The SMILES string of the molecule is COc1ccc(-c2ccn[nH]2)cc1CNC1CCCC1. The third-order valence-corrected chi connectivity index (χ3v) is 4.03. The Labute approximate surface area is 119 Å². The maximum Gasteiger partial charge on any atom is 0.123 e. The molecule has 20 heavy (non-hydrogen) atoms. The van der Waals surface area contributed by atoms with E-state index in [0.717, 1.165) is 23.6 Å². The minimum Gasteiger partial charge on any atom is -0.496 e. The molecule has 0 amide bonds. The number of hydrogen-bond donors (Lipinski definition) is 2. The standard InChI is InChI=1S/C16H21N3O/c1-20-16-7-6-12(15-8-9-18-19-15)10-13(16)11-17-14-4-2-3-5-14/h6-10,14,17H,2-5,11H2,1H3,(H,18,19). The van der Waals surface area contributed by atoms with Crippen molar-refractivity contribution in [1.82, 2.24) is 15.5 Å². The molecule has 1 saturated carbocycles. The van der Waals surface area contributed by atoms with Crippen LogP contribution >= 0.6 is 0 Å². The summed E-state index contributed by atoms with van der Waals surface area (Å²) in [6.45, 7) is 0.857. The first kappa shape index (κ1) is 13.2. The molecule has 2 N–H and O–H groups in total. The highest BCUT2D eigenvalue weighted by molar-refractivity contribution is 5.61. The Morgan fingerprint density at radius 3 is 2.85 bits per heavy atom. The first-order valence-corrected chi connectivity index (χ1v) is 7.27. The third kappa shape index (κ3) is 2.85. The second-order valence-electron chi connectivity index (χ2n) is 5.36. The van der Waals surface area contributed by atoms with Gasteiger partial charge >= 0.3 is 0 Å². The number of nitrogens with one attached hydrogen (secondary N) is 2. The summed E-state index contributed by atoms with van der Waals surface area (Å²) in [5.41, 5.74) is 3.38. The molecular weight excluding hydrogens is 250 g/mol. The van der Waals surface area contributed by atoms with Crippen molar-refractivity contribution in [3.63, 3.8) is 0 Å². The molecule has 0 bridgehead atoms. The minimum atomic E-state index is 0.663. The molecule has 0 unspecified atom stereocenters. The van der Waals surface area contributed by atoms with Gasteiger partial charge in [0.2, 0.25) is 0 Å². The fraction of sp³-hybridized carbons (Fsp3) is 0.438. The summed E-state index contributed by atoms with van der Waals surface area (Å²) in [6, 6.07) is 8.91. The van der Waals surface area contributed by atoms with Gasteiger partial charge in [0.25, 0.3) is 0 Å². The van der Waals surface area contributed by atoms with Gasteiger partial charge in [0, 0.05) is 29.9 Å². The smallest absolute Gasteiger partial charge is 0.123 e. The van der Waals surface area contributed by atoms with Crippen molar-refractivity contribution in [2.75, 3.05) is 7.11 Å². The topological polar surface area (TPSA) is 49.9 Å². The lowest BCUT2D eigenvalue weighted by molar-refractivity contribution is 0.405. The lowest BCUT2D eigenvalue weighted by atomic mass is 10.1. The Hall–Kier alpha value is -1.81. The van der Waals surface area contributed by atoms with Gasteiger partial charge in [-0.2, -0.15) is 5.10 Å². The molecule has 2 aromatic rings. The number of rotatable bonds is 5. The number of H-pyrrole nitrogens is 1. The zero-order valence-electron chi connectivity index (χ0n) is 11.9. The van der Waals surface area contributed by atoms with E-state index in [1.807, 2.05) is 12.1 Å². The van der Waals surface area contributed by atoms with Crippen LogP contribution in [0.2, 0.25) is 0 Å². The van der Waals surface area contributed by atoms with Crippen molar-refractivity contribution in [1.29, 1.82) is 0 Å². The zero-order chi connectivity index (χ0) is 13.8. The van der Waals surface area contributed by atoms with Crippen LogP contribution in [0.25, 0.3) is 11.3 Å². The summed E-state index contributed by atoms with van der Waals surface area (Å²) < 4.78 is 5.47. The van der Waals surface area contributed by atoms with Gasteiger partial charge in [0.05, 0.1) is 12.8 Å². The van der Waals surface area contributed by atoms with Crippen LogP contribution in [0.3, 0.4) is 0 Å². The molecule has 3 rings (SSSR count). The predicted molar refractivity (Wildman–Crippen MR) is 79.7 cm³/mol. The summed E-state index contributed by atoms with van der Waals surface area (Å²) in [6.07, 6.45) is 7.06. The number of hydrogen-bond acceptors (Lipinski definition) is 3. The molecule has 1 aromatic carbocycles. The van der Waals surface area contributed by atoms with E-state index < -0.39 is 0 Å². The van der Waals surface area contributed by atoms with Crippen LogP contribution < -0.4 is 10.1 Å². The Morgan fingerprint density at radius 2 is 2.15 bits per heavy atom. The molecule has 0 aliphatic heterocycles. The summed E-state index contributed by atoms with van der Waals surface area (Å²) in [7, 11) is 1.73. The van der Waals surface area contributed by atoms with E-state index in [2.05, 4.69) is 27.6 Å². The van der Waals surface area contributed by atoms with Gasteiger partial charge in [-0.3, -0.25) is 5.10 Å². The molecule has 0 saturated heterocycles. The van der Waals surface area contributed by atoms with Crippen LogP contribution in [-0.2, 0) is 6.54 Å². The molecule has 0 radical (unpaired) electrons. The summed E-state index contributed by atoms with van der Waals surface area (Å²) in [5.74, 6) is 0.943. The van der Waals surface area contributed by atoms with E-state index in [4.69, 9.17) is 4.74 Å². The second kappa shape index (κ2) is 6.09. The summed E-state index contributed by atoms with van der Waals surface area (Å²) in [5, 5.41) is 10.7. The molecule has 1 aromatic heterocycles. The average molecular weight is 271 g/mol. The summed E-state index contributed by atoms with van der Waals surface area (Å²) in [4.78, 5) is 0. The summed E-state index contributed by atoms with van der Waals surface area (Å²) >= 11 is 0. The highest BCUT2D eigenvalue weighted by Crippen LogP contribution is 2.26. The van der Waals surface area contributed by atoms with Crippen molar-refractivity contribution < 1.29 is 4.74 Å². The van der Waals surface area contributed by atoms with Gasteiger partial charge in [-0.1, -0.05) is 12.8 Å². The van der Waals surface area contributed by atoms with Crippen molar-refractivity contribution in [3.8, 4) is 17.0 Å². The van der Waals surface area contributed by atoms with E-state index in [1.54, 1.807) is 13.3 Å². The van der Waals surface area contributed by atoms with E-state index in [9.17, 15) is 0 Å². The highest BCUT2D eigenvalue weighted by Gasteiger charge is 2.15. The predicted octanol–water partition coefficient (Wildman–Crippen LogP) is 3.12. The number of ether oxygens (including phenoxy) is 1. The highest BCUT2D eigenvalue weighted by atomic mass is 16.5. The number of methoxy groups -OCH3 is 1. The quantitative estimate of drug-likeness (QED) is 0.878. The van der Waals surface area contributed by atoms with Crippen LogP contribution in [-0.4, -0.2) is 23.3 Å². The molecule has 1 aliphatic carbocycles. The molecule has 0 spiro atoms. The van der Waals surface area contributed by atoms with Crippen molar-refractivity contribution in [2.45, 2.75) is 38.3 Å². The number of benzene rings is 1. The van der Waals surface area contributed by atoms with Gasteiger partial charge in [-0.05, 0) is 37.1 Å². The molecule has 4 nitrogen and oxygen atoms in total. The molecule has 0 atom stereocenters. The minimum absolute atomic E-state index is 0.663. The van der Waals surface area contributed by atoms with Crippen LogP contribution in [0.4, 0.5) is 0 Å². The Kier molecular flexibility index (Phi) is 4.02. The van der Waals surface area contributed by atoms with Crippen LogP contribution in [0.1, 0.15) is 31.2 Å². The second-order valence-corrected chi connectivity index (χ2v) is 5.36. The maximum atomic E-state index is 5.47. The lowest BCUT2D eigenvalue weighted by Gasteiger charge is -2.15. The van der Waals surface area contributed by atoms with Crippen LogP contribution in [0, 0.1) is 0 Å². The molecule has 1 heterocycles. The molecule has 106 valence electrons. The fourth-order valence-electron chi connectivity index (χ4n) is 2.89. The molecule has 1 aliphatic rings. The van der Waals surface area contributed by atoms with Gasteiger partial charge in [0.1, 0.15) is 5.75 Å². The number of aromatic amines is 1. The van der Waals surface area contributed by atoms with Gasteiger partial charge in [0.15, 0.2) is 0 Å². The molecular formula is C16H21N3O. The monoisotopic (exact) mass is 271 g/mol. The van der Waals surface area contributed by atoms with Gasteiger partial charge < -0.3 is 10.1 Å². The Morgan fingerprint density at radius 1 is 1.30 bits per heavy atom. The largest absolute Gasteiger partial charge is 0.496 e. The normalized spacial score (nSPS) is 15.7. The van der Waals surface area contributed by atoms with E-state index in [-0.39, 0.29) is 0 Å². The Bertz CT molecular complexity index is 545. The average Bonchev–Trinajstić information content (AvgIpc) is 3.18. The van der Waals surface area contributed by atoms with Crippen LogP contribution in [0.15, 0.2) is 30.5 Å². The zero-order valence-corrected chi connectivity index (χ0v) is 11.9. The number of aromatic nitrogens is 2.